The Hall–Kier alpha value is -0.860. The molecule has 0 aromatic heterocycles. The second kappa shape index (κ2) is 11.8. The Balaban J connectivity index is 2.40. The second-order valence-corrected chi connectivity index (χ2v) is 5.77. The molecule has 1 aromatic rings. The maximum atomic E-state index is 3.67. The van der Waals surface area contributed by atoms with E-state index in [-0.39, 0.29) is 0 Å². The minimum Gasteiger partial charge on any atom is -0.315 e. The Morgan fingerprint density at radius 3 is 2.19 bits per heavy atom. The molecule has 0 aliphatic heterocycles. The van der Waals surface area contributed by atoms with Crippen molar-refractivity contribution in [1.29, 1.82) is 0 Å². The van der Waals surface area contributed by atoms with Gasteiger partial charge in [-0.25, -0.2) is 0 Å². The molecular formula is C19H34N2. The summed E-state index contributed by atoms with van der Waals surface area (Å²) in [5.74, 6) is 0. The average Bonchev–Trinajstić information content (AvgIpc) is 2.54. The maximum Gasteiger partial charge on any atom is 0.0472 e. The molecule has 0 amide bonds. The number of hydrogen-bond acceptors (Lipinski definition) is 2. The topological polar surface area (TPSA) is 15.3 Å². The zero-order chi connectivity index (χ0) is 15.3. The van der Waals surface area contributed by atoms with Crippen molar-refractivity contribution in [2.45, 2.75) is 58.9 Å². The Bertz CT molecular complexity index is 333. The molecule has 0 bridgehead atoms. The van der Waals surface area contributed by atoms with Gasteiger partial charge in [-0.1, -0.05) is 76.8 Å². The Morgan fingerprint density at radius 2 is 1.57 bits per heavy atom. The molecule has 0 radical (unpaired) electrons. The highest BCUT2D eigenvalue weighted by Crippen LogP contribution is 2.19. The van der Waals surface area contributed by atoms with Crippen LogP contribution in [0, 0.1) is 0 Å². The Kier molecular flexibility index (Phi) is 10.2. The number of likely N-dealkylation sites (N-methyl/N-ethyl adjacent to an activating group) is 1. The minimum absolute atomic E-state index is 0.497. The van der Waals surface area contributed by atoms with Crippen LogP contribution >= 0.6 is 0 Å². The van der Waals surface area contributed by atoms with Crippen LogP contribution in [-0.2, 0) is 0 Å². The first-order valence-corrected chi connectivity index (χ1v) is 8.83. The van der Waals surface area contributed by atoms with E-state index in [0.29, 0.717) is 6.04 Å². The molecule has 1 unspecified atom stereocenters. The summed E-state index contributed by atoms with van der Waals surface area (Å²) in [4.78, 5) is 2.54. The van der Waals surface area contributed by atoms with Gasteiger partial charge < -0.3 is 5.32 Å². The van der Waals surface area contributed by atoms with Gasteiger partial charge in [-0.05, 0) is 31.6 Å². The van der Waals surface area contributed by atoms with E-state index >= 15 is 0 Å². The lowest BCUT2D eigenvalue weighted by atomic mass is 10.0. The first-order valence-electron chi connectivity index (χ1n) is 8.83. The van der Waals surface area contributed by atoms with E-state index in [9.17, 15) is 0 Å². The van der Waals surface area contributed by atoms with Crippen LogP contribution in [0.4, 0.5) is 0 Å². The minimum atomic E-state index is 0.497. The van der Waals surface area contributed by atoms with Crippen LogP contribution in [0.15, 0.2) is 30.3 Å². The van der Waals surface area contributed by atoms with E-state index in [1.165, 1.54) is 37.7 Å². The first kappa shape index (κ1) is 18.2. The highest BCUT2D eigenvalue weighted by atomic mass is 15.2. The van der Waals surface area contributed by atoms with Crippen LogP contribution < -0.4 is 5.32 Å². The van der Waals surface area contributed by atoms with E-state index in [1.54, 1.807) is 0 Å². The molecule has 0 aliphatic rings. The fourth-order valence-electron chi connectivity index (χ4n) is 2.89. The molecule has 1 aromatic carbocycles. The van der Waals surface area contributed by atoms with Crippen LogP contribution in [-0.4, -0.2) is 31.1 Å². The molecule has 0 spiro atoms. The molecule has 0 saturated carbocycles. The summed E-state index contributed by atoms with van der Waals surface area (Å²) in [6.07, 6.45) is 6.76. The lowest BCUT2D eigenvalue weighted by Gasteiger charge is -2.30. The van der Waals surface area contributed by atoms with Crippen molar-refractivity contribution in [2.24, 2.45) is 0 Å². The largest absolute Gasteiger partial charge is 0.315 e. The molecular weight excluding hydrogens is 256 g/mol. The monoisotopic (exact) mass is 290 g/mol. The number of unbranched alkanes of at least 4 members (excludes halogenated alkanes) is 4. The smallest absolute Gasteiger partial charge is 0.0472 e. The van der Waals surface area contributed by atoms with E-state index in [4.69, 9.17) is 0 Å². The fraction of sp³-hybridized carbons (Fsp3) is 0.684. The maximum absolute atomic E-state index is 3.67. The van der Waals surface area contributed by atoms with Crippen molar-refractivity contribution in [3.8, 4) is 0 Å². The molecule has 2 nitrogen and oxygen atoms in total. The van der Waals surface area contributed by atoms with E-state index in [2.05, 4.69) is 61.3 Å². The highest BCUT2D eigenvalue weighted by molar-refractivity contribution is 5.19. The third-order valence-corrected chi connectivity index (χ3v) is 4.23. The summed E-state index contributed by atoms with van der Waals surface area (Å²) in [7, 11) is 0. The molecule has 21 heavy (non-hydrogen) atoms. The summed E-state index contributed by atoms with van der Waals surface area (Å²) in [6.45, 7) is 11.2. The zero-order valence-electron chi connectivity index (χ0n) is 14.3. The van der Waals surface area contributed by atoms with Gasteiger partial charge in [0, 0.05) is 12.6 Å². The molecule has 1 atom stereocenters. The number of nitrogens with one attached hydrogen (secondary N) is 1. The summed E-state index contributed by atoms with van der Waals surface area (Å²) in [5.41, 5.74) is 1.43. The molecule has 120 valence electrons. The molecule has 1 N–H and O–H groups in total. The Labute approximate surface area is 131 Å². The van der Waals surface area contributed by atoms with Crippen LogP contribution in [0.2, 0.25) is 0 Å². The molecule has 0 aliphatic carbocycles. The van der Waals surface area contributed by atoms with Gasteiger partial charge in [0.05, 0.1) is 0 Å². The van der Waals surface area contributed by atoms with Crippen molar-refractivity contribution in [3.63, 3.8) is 0 Å². The first-order chi connectivity index (χ1) is 10.3. The summed E-state index contributed by atoms with van der Waals surface area (Å²) in [5, 5.41) is 3.67. The van der Waals surface area contributed by atoms with Crippen LogP contribution in [0.3, 0.4) is 0 Å². The van der Waals surface area contributed by atoms with Gasteiger partial charge in [-0.2, -0.15) is 0 Å². The van der Waals surface area contributed by atoms with Crippen molar-refractivity contribution in [2.75, 3.05) is 26.2 Å². The lowest BCUT2D eigenvalue weighted by molar-refractivity contribution is 0.213. The number of nitrogens with zero attached hydrogens (tertiary/aromatic N) is 1. The van der Waals surface area contributed by atoms with Gasteiger partial charge in [0.2, 0.25) is 0 Å². The molecule has 0 heterocycles. The van der Waals surface area contributed by atoms with Gasteiger partial charge in [0.15, 0.2) is 0 Å². The third-order valence-electron chi connectivity index (χ3n) is 4.23. The molecule has 2 heteroatoms. The highest BCUT2D eigenvalue weighted by Gasteiger charge is 2.16. The number of benzene rings is 1. The fourth-order valence-corrected chi connectivity index (χ4v) is 2.89. The normalized spacial score (nSPS) is 12.8. The quantitative estimate of drug-likeness (QED) is 0.565. The zero-order valence-corrected chi connectivity index (χ0v) is 14.3. The van der Waals surface area contributed by atoms with Gasteiger partial charge in [0.1, 0.15) is 0 Å². The molecule has 0 saturated heterocycles. The van der Waals surface area contributed by atoms with Crippen molar-refractivity contribution < 1.29 is 0 Å². The predicted octanol–water partition coefficient (Wildman–Crippen LogP) is 4.63. The summed E-state index contributed by atoms with van der Waals surface area (Å²) in [6, 6.07) is 11.4. The average molecular weight is 290 g/mol. The SMILES string of the molecule is CCCCCCCNCC(c1ccccc1)N(CC)CC. The van der Waals surface area contributed by atoms with Crippen LogP contribution in [0.25, 0.3) is 0 Å². The summed E-state index contributed by atoms with van der Waals surface area (Å²) < 4.78 is 0. The van der Waals surface area contributed by atoms with Gasteiger partial charge >= 0.3 is 0 Å². The Morgan fingerprint density at radius 1 is 0.905 bits per heavy atom. The predicted molar refractivity (Wildman–Crippen MR) is 93.7 cm³/mol. The van der Waals surface area contributed by atoms with Gasteiger partial charge in [-0.3, -0.25) is 4.90 Å². The van der Waals surface area contributed by atoms with Gasteiger partial charge in [-0.15, -0.1) is 0 Å². The third kappa shape index (κ3) is 7.10. The van der Waals surface area contributed by atoms with Crippen LogP contribution in [0.5, 0.6) is 0 Å². The van der Waals surface area contributed by atoms with E-state index in [0.717, 1.165) is 26.2 Å². The number of hydrogen-bond donors (Lipinski definition) is 1. The molecule has 0 fully saturated rings. The van der Waals surface area contributed by atoms with Gasteiger partial charge in [0.25, 0.3) is 0 Å². The molecule has 1 rings (SSSR count). The lowest BCUT2D eigenvalue weighted by Crippen LogP contribution is -2.36. The summed E-state index contributed by atoms with van der Waals surface area (Å²) >= 11 is 0. The van der Waals surface area contributed by atoms with E-state index in [1.807, 2.05) is 0 Å². The van der Waals surface area contributed by atoms with Crippen LogP contribution in [0.1, 0.15) is 64.5 Å². The van der Waals surface area contributed by atoms with Crippen molar-refractivity contribution in [3.05, 3.63) is 35.9 Å². The second-order valence-electron chi connectivity index (χ2n) is 5.77. The van der Waals surface area contributed by atoms with Crippen molar-refractivity contribution in [1.82, 2.24) is 10.2 Å². The standard InChI is InChI=1S/C19H34N2/c1-4-7-8-9-13-16-20-17-19(21(5-2)6-3)18-14-11-10-12-15-18/h10-12,14-15,19-20H,4-9,13,16-17H2,1-3H3. The van der Waals surface area contributed by atoms with E-state index < -0.39 is 0 Å². The number of rotatable bonds is 12. The van der Waals surface area contributed by atoms with Crippen molar-refractivity contribution >= 4 is 0 Å².